The summed E-state index contributed by atoms with van der Waals surface area (Å²) in [5, 5.41) is 55.9. The van der Waals surface area contributed by atoms with Crippen molar-refractivity contribution in [3.63, 3.8) is 0 Å². The molecule has 4 heterocycles. The molecule has 0 spiro atoms. The Kier molecular flexibility index (Phi) is 12.8. The molecule has 49 heavy (non-hydrogen) atoms. The van der Waals surface area contributed by atoms with Crippen LogP contribution in [0.3, 0.4) is 0 Å². The summed E-state index contributed by atoms with van der Waals surface area (Å²) in [6, 6.07) is 9.32. The van der Waals surface area contributed by atoms with Crippen molar-refractivity contribution in [2.45, 2.75) is 55.7 Å². The van der Waals surface area contributed by atoms with Crippen LogP contribution in [0.1, 0.15) is 39.3 Å². The minimum Gasteiger partial charge on any atom is -0.461 e. The highest BCUT2D eigenvalue weighted by atomic mass is 16.6. The van der Waals surface area contributed by atoms with E-state index in [1.54, 1.807) is 0 Å². The number of carbonyl (C=O) groups is 4. The Hall–Kier alpha value is -4.94. The van der Waals surface area contributed by atoms with E-state index in [9.17, 15) is 39.6 Å². The predicted octanol–water partition coefficient (Wildman–Crippen LogP) is -4.71. The van der Waals surface area contributed by atoms with E-state index in [1.165, 1.54) is 0 Å². The minimum absolute atomic E-state index is 0.254. The van der Waals surface area contributed by atoms with Crippen LogP contribution in [0.25, 0.3) is 0 Å². The third-order valence-corrected chi connectivity index (χ3v) is 6.93. The monoisotopic (exact) mass is 694 g/mol. The van der Waals surface area contributed by atoms with E-state index in [4.69, 9.17) is 35.5 Å². The molecule has 0 bridgehead atoms. The third kappa shape index (κ3) is 9.58. The van der Waals surface area contributed by atoms with Gasteiger partial charge in [-0.3, -0.25) is 9.59 Å². The Morgan fingerprint density at radius 1 is 0.735 bits per heavy atom. The van der Waals surface area contributed by atoms with E-state index in [2.05, 4.69) is 24.9 Å². The standard InChI is InChI=1S/C17H20N4O7.C10H14N4O7/c18-15(25)16-19-9-21(20-16)17-14(24)13(23)11(28-17)7-27-12(22)8-26-6-10-4-2-1-3-5-10;11-8(19)9-12-3-14(13-9)10-7(18)6(17)4(21-10)2-20-5(16)1-15/h1-5,9,11,13-14,17,23-24H,6-8H2,(H2,18,25);3-4,6-7,10,15,17-18H,1-2H2,(H2,11,19)/t11-,13?,14-,17-;4-,6?,7-,10-/m11/s1. The van der Waals surface area contributed by atoms with Crippen LogP contribution < -0.4 is 11.5 Å². The molecule has 2 saturated heterocycles. The molecule has 3 aromatic rings. The van der Waals surface area contributed by atoms with E-state index >= 15 is 0 Å². The summed E-state index contributed by atoms with van der Waals surface area (Å²) < 4.78 is 27.8. The lowest BCUT2D eigenvalue weighted by Gasteiger charge is -2.14. The SMILES string of the molecule is NC(=O)c1ncn([C@@H]2O[C@H](COC(=O)CO)C(O)[C@H]2O)n1.NC(=O)c1ncn([C@@H]2O[C@H](COC(=O)COCc3ccccc3)C(O)[C@H]2O)n1. The zero-order chi connectivity index (χ0) is 35.7. The molecule has 2 fully saturated rings. The highest BCUT2D eigenvalue weighted by Gasteiger charge is 2.46. The van der Waals surface area contributed by atoms with Gasteiger partial charge in [-0.25, -0.2) is 28.9 Å². The van der Waals surface area contributed by atoms with Crippen molar-refractivity contribution >= 4 is 23.8 Å². The summed E-state index contributed by atoms with van der Waals surface area (Å²) in [6.45, 7) is -1.46. The molecule has 2 aromatic heterocycles. The number of primary amides is 2. The van der Waals surface area contributed by atoms with Crippen LogP contribution in [0.5, 0.6) is 0 Å². The van der Waals surface area contributed by atoms with E-state index in [0.717, 1.165) is 27.6 Å². The number of carbonyl (C=O) groups excluding carboxylic acids is 4. The average molecular weight is 695 g/mol. The number of benzene rings is 1. The Balaban J connectivity index is 0.000000230. The van der Waals surface area contributed by atoms with Gasteiger partial charge in [0.25, 0.3) is 11.8 Å². The van der Waals surface area contributed by atoms with Crippen molar-refractivity contribution in [1.82, 2.24) is 29.5 Å². The van der Waals surface area contributed by atoms with Gasteiger partial charge in [0.2, 0.25) is 11.6 Å². The molecule has 22 nitrogen and oxygen atoms in total. The van der Waals surface area contributed by atoms with Gasteiger partial charge in [-0.15, -0.1) is 10.2 Å². The molecule has 2 aliphatic rings. The number of aliphatic hydroxyl groups excluding tert-OH is 5. The molecule has 0 radical (unpaired) electrons. The summed E-state index contributed by atoms with van der Waals surface area (Å²) in [6.07, 6.45) is -7.36. The predicted molar refractivity (Wildman–Crippen MR) is 154 cm³/mol. The summed E-state index contributed by atoms with van der Waals surface area (Å²) in [4.78, 5) is 51.9. The van der Waals surface area contributed by atoms with Crippen LogP contribution in [-0.2, 0) is 39.9 Å². The van der Waals surface area contributed by atoms with Crippen LogP contribution in [-0.4, -0.2) is 142 Å². The van der Waals surface area contributed by atoms with Crippen molar-refractivity contribution in [3.8, 4) is 0 Å². The number of ether oxygens (including phenoxy) is 5. The summed E-state index contributed by atoms with van der Waals surface area (Å²) in [5.41, 5.74) is 11.0. The third-order valence-electron chi connectivity index (χ3n) is 6.93. The molecule has 2 amide bonds. The molecule has 2 aliphatic heterocycles. The average Bonchev–Trinajstić information content (AvgIpc) is 3.88. The van der Waals surface area contributed by atoms with E-state index < -0.39 is 79.4 Å². The zero-order valence-electron chi connectivity index (χ0n) is 25.4. The van der Waals surface area contributed by atoms with Crippen LogP contribution in [0.2, 0.25) is 0 Å². The number of hydrogen-bond acceptors (Lipinski definition) is 18. The Bertz CT molecular complexity index is 1570. The molecule has 22 heteroatoms. The number of hydrogen-bond donors (Lipinski definition) is 7. The lowest BCUT2D eigenvalue weighted by atomic mass is 10.1. The molecule has 0 saturated carbocycles. The Labute approximate surface area is 275 Å². The van der Waals surface area contributed by atoms with Crippen LogP contribution >= 0.6 is 0 Å². The highest BCUT2D eigenvalue weighted by molar-refractivity contribution is 5.88. The molecule has 2 unspecified atom stereocenters. The fourth-order valence-electron chi connectivity index (χ4n) is 4.46. The smallest absolute Gasteiger partial charge is 0.332 e. The van der Waals surface area contributed by atoms with Crippen LogP contribution in [0.15, 0.2) is 43.0 Å². The van der Waals surface area contributed by atoms with Gasteiger partial charge in [-0.1, -0.05) is 30.3 Å². The highest BCUT2D eigenvalue weighted by Crippen LogP contribution is 2.30. The normalized spacial score (nSPS) is 26.1. The van der Waals surface area contributed by atoms with Gasteiger partial charge in [-0.05, 0) is 5.56 Å². The van der Waals surface area contributed by atoms with Gasteiger partial charge >= 0.3 is 11.9 Å². The maximum Gasteiger partial charge on any atom is 0.332 e. The van der Waals surface area contributed by atoms with Crippen molar-refractivity contribution in [3.05, 3.63) is 60.2 Å². The topological polar surface area (TPSA) is 329 Å². The second-order valence-corrected chi connectivity index (χ2v) is 10.4. The van der Waals surface area contributed by atoms with E-state index in [-0.39, 0.29) is 38.1 Å². The maximum atomic E-state index is 11.8. The number of nitrogens with two attached hydrogens (primary N) is 2. The molecular weight excluding hydrogens is 660 g/mol. The number of esters is 2. The van der Waals surface area contributed by atoms with Gasteiger partial charge in [0.05, 0.1) is 6.61 Å². The first-order valence-electron chi connectivity index (χ1n) is 14.4. The molecule has 1 aromatic carbocycles. The second-order valence-electron chi connectivity index (χ2n) is 10.4. The number of amides is 2. The lowest BCUT2D eigenvalue weighted by molar-refractivity contribution is -0.156. The fraction of sp³-hybridized carbons (Fsp3) is 0.481. The summed E-state index contributed by atoms with van der Waals surface area (Å²) in [5.74, 6) is -3.74. The molecule has 266 valence electrons. The summed E-state index contributed by atoms with van der Waals surface area (Å²) in [7, 11) is 0. The first-order valence-corrected chi connectivity index (χ1v) is 14.4. The Morgan fingerprint density at radius 2 is 1.20 bits per heavy atom. The number of nitrogens with zero attached hydrogens (tertiary/aromatic N) is 6. The first-order chi connectivity index (χ1) is 23.4. The van der Waals surface area contributed by atoms with E-state index in [1.807, 2.05) is 30.3 Å². The quantitative estimate of drug-likeness (QED) is 0.0826. The molecule has 0 aliphatic carbocycles. The van der Waals surface area contributed by atoms with Crippen molar-refractivity contribution in [1.29, 1.82) is 0 Å². The molecule has 8 atom stereocenters. The largest absolute Gasteiger partial charge is 0.461 e. The number of rotatable bonds is 13. The van der Waals surface area contributed by atoms with Crippen LogP contribution in [0, 0.1) is 0 Å². The summed E-state index contributed by atoms with van der Waals surface area (Å²) >= 11 is 0. The molecule has 9 N–H and O–H groups in total. The minimum atomic E-state index is -1.37. The zero-order valence-corrected chi connectivity index (χ0v) is 25.4. The van der Waals surface area contributed by atoms with Gasteiger partial charge in [0.1, 0.15) is 75.7 Å². The van der Waals surface area contributed by atoms with Crippen LogP contribution in [0.4, 0.5) is 0 Å². The molecular formula is C27H34N8O14. The lowest BCUT2D eigenvalue weighted by Crippen LogP contribution is -2.34. The number of aromatic nitrogens is 6. The first kappa shape index (κ1) is 36.9. The van der Waals surface area contributed by atoms with Gasteiger partial charge in [0.15, 0.2) is 12.5 Å². The fourth-order valence-corrected chi connectivity index (χ4v) is 4.46. The van der Waals surface area contributed by atoms with Gasteiger partial charge in [-0.2, -0.15) is 0 Å². The van der Waals surface area contributed by atoms with Crippen molar-refractivity contribution in [2.24, 2.45) is 11.5 Å². The van der Waals surface area contributed by atoms with Gasteiger partial charge < -0.3 is 60.7 Å². The van der Waals surface area contributed by atoms with Crippen molar-refractivity contribution < 1.29 is 68.4 Å². The molecule has 5 rings (SSSR count). The second kappa shape index (κ2) is 16.9. The maximum absolute atomic E-state index is 11.8. The van der Waals surface area contributed by atoms with Gasteiger partial charge in [0, 0.05) is 0 Å². The number of aliphatic hydroxyl groups is 5. The Morgan fingerprint density at radius 3 is 1.63 bits per heavy atom. The van der Waals surface area contributed by atoms with Crippen molar-refractivity contribution in [2.75, 3.05) is 26.4 Å². The van der Waals surface area contributed by atoms with E-state index in [0.29, 0.717) is 0 Å².